The minimum Gasteiger partial charge on any atom is -0.480 e. The predicted molar refractivity (Wildman–Crippen MR) is 135 cm³/mol. The summed E-state index contributed by atoms with van der Waals surface area (Å²) in [4.78, 5) is 38.6. The Labute approximate surface area is 210 Å². The number of carboxylic acid groups (broad SMARTS) is 1. The van der Waals surface area contributed by atoms with E-state index in [-0.39, 0.29) is 36.4 Å². The van der Waals surface area contributed by atoms with E-state index < -0.39 is 18.0 Å². The van der Waals surface area contributed by atoms with E-state index in [1.54, 1.807) is 18.2 Å². The number of carbonyl (C=O) groups is 3. The van der Waals surface area contributed by atoms with E-state index in [4.69, 9.17) is 4.74 Å². The Bertz CT molecular complexity index is 1270. The number of carbonyl (C=O) groups excluding carboxylic acids is 2. The number of halogens is 1. The highest BCUT2D eigenvalue weighted by atomic mass is 79.9. The molecular formula is C27H23BrN2O5. The van der Waals surface area contributed by atoms with Crippen LogP contribution in [0.2, 0.25) is 0 Å². The third-order valence-corrected chi connectivity index (χ3v) is 6.84. The normalized spacial score (nSPS) is 14.1. The van der Waals surface area contributed by atoms with Crippen molar-refractivity contribution < 1.29 is 24.2 Å². The van der Waals surface area contributed by atoms with Gasteiger partial charge in [0.15, 0.2) is 0 Å². The second kappa shape index (κ2) is 9.54. The minimum absolute atomic E-state index is 0.0855. The molecule has 5 rings (SSSR count). The maximum Gasteiger partial charge on any atom is 0.411 e. The zero-order valence-electron chi connectivity index (χ0n) is 18.7. The van der Waals surface area contributed by atoms with Gasteiger partial charge in [-0.2, -0.15) is 0 Å². The van der Waals surface area contributed by atoms with Crippen LogP contribution in [0.3, 0.4) is 0 Å². The fourth-order valence-electron chi connectivity index (χ4n) is 4.60. The highest BCUT2D eigenvalue weighted by Gasteiger charge is 2.35. The third-order valence-electron chi connectivity index (χ3n) is 6.35. The lowest BCUT2D eigenvalue weighted by Crippen LogP contribution is -2.38. The predicted octanol–water partition coefficient (Wildman–Crippen LogP) is 5.50. The number of anilines is 1. The number of benzene rings is 3. The number of rotatable bonds is 7. The van der Waals surface area contributed by atoms with Gasteiger partial charge in [0.25, 0.3) is 5.91 Å². The van der Waals surface area contributed by atoms with Gasteiger partial charge in [0.05, 0.1) is 11.3 Å². The van der Waals surface area contributed by atoms with Gasteiger partial charge < -0.3 is 14.7 Å². The first-order valence-corrected chi connectivity index (χ1v) is 12.2. The van der Waals surface area contributed by atoms with Gasteiger partial charge in [-0.15, -0.1) is 0 Å². The Morgan fingerprint density at radius 3 is 2.20 bits per heavy atom. The maximum atomic E-state index is 13.2. The average molecular weight is 535 g/mol. The van der Waals surface area contributed by atoms with E-state index in [0.29, 0.717) is 4.47 Å². The van der Waals surface area contributed by atoms with Crippen molar-refractivity contribution in [1.29, 1.82) is 0 Å². The number of hydrogen-bond donors (Lipinski definition) is 2. The standard InChI is InChI=1S/C27H23BrN2O5/c28-16-9-12-22(26(33)30(14-25(31)32)17-10-11-17)24(13-16)29-27(34)35-15-23-20-7-3-1-5-18(20)19-6-2-4-8-21(19)23/h1-9,12-13,17,23H,10-11,14-15H2,(H,29,34)(H,31,32). The molecule has 0 radical (unpaired) electrons. The minimum atomic E-state index is -1.08. The molecule has 3 aromatic carbocycles. The molecule has 2 aliphatic carbocycles. The molecule has 0 spiro atoms. The highest BCUT2D eigenvalue weighted by molar-refractivity contribution is 9.10. The SMILES string of the molecule is O=C(O)CN(C(=O)c1ccc(Br)cc1NC(=O)OCC1c2ccccc2-c2ccccc21)C1CC1. The van der Waals surface area contributed by atoms with Crippen molar-refractivity contribution in [3.05, 3.63) is 87.9 Å². The second-order valence-electron chi connectivity index (χ2n) is 8.70. The number of nitrogens with one attached hydrogen (secondary N) is 1. The van der Waals surface area contributed by atoms with E-state index in [0.717, 1.165) is 35.1 Å². The summed E-state index contributed by atoms with van der Waals surface area (Å²) in [6.07, 6.45) is 0.852. The van der Waals surface area contributed by atoms with Crippen molar-refractivity contribution in [2.45, 2.75) is 24.8 Å². The Kier molecular flexibility index (Phi) is 6.30. The number of hydrogen-bond acceptors (Lipinski definition) is 4. The first-order valence-electron chi connectivity index (χ1n) is 11.4. The van der Waals surface area contributed by atoms with Crippen LogP contribution in [0.15, 0.2) is 71.2 Å². The van der Waals surface area contributed by atoms with Crippen molar-refractivity contribution in [2.24, 2.45) is 0 Å². The van der Waals surface area contributed by atoms with Crippen LogP contribution in [0.4, 0.5) is 10.5 Å². The third kappa shape index (κ3) is 4.79. The van der Waals surface area contributed by atoms with Gasteiger partial charge in [-0.1, -0.05) is 64.5 Å². The number of ether oxygens (including phenoxy) is 1. The zero-order chi connectivity index (χ0) is 24.5. The van der Waals surface area contributed by atoms with Crippen LogP contribution < -0.4 is 5.32 Å². The first-order chi connectivity index (χ1) is 16.9. The summed E-state index contributed by atoms with van der Waals surface area (Å²) in [5.74, 6) is -1.59. The smallest absolute Gasteiger partial charge is 0.411 e. The van der Waals surface area contributed by atoms with Crippen molar-refractivity contribution in [2.75, 3.05) is 18.5 Å². The Morgan fingerprint density at radius 2 is 1.60 bits per heavy atom. The fraction of sp³-hybridized carbons (Fsp3) is 0.222. The summed E-state index contributed by atoms with van der Waals surface area (Å²) in [7, 11) is 0. The van der Waals surface area contributed by atoms with Crippen LogP contribution >= 0.6 is 15.9 Å². The van der Waals surface area contributed by atoms with Crippen LogP contribution in [0, 0.1) is 0 Å². The van der Waals surface area contributed by atoms with Gasteiger partial charge >= 0.3 is 12.1 Å². The summed E-state index contributed by atoms with van der Waals surface area (Å²) in [6.45, 7) is -0.242. The zero-order valence-corrected chi connectivity index (χ0v) is 20.3. The summed E-state index contributed by atoms with van der Waals surface area (Å²) in [6, 6.07) is 20.9. The van der Waals surface area contributed by atoms with Crippen LogP contribution in [0.5, 0.6) is 0 Å². The van der Waals surface area contributed by atoms with Gasteiger partial charge in [-0.25, -0.2) is 4.79 Å². The van der Waals surface area contributed by atoms with Gasteiger partial charge in [0.1, 0.15) is 13.2 Å². The largest absolute Gasteiger partial charge is 0.480 e. The number of amides is 2. The molecular weight excluding hydrogens is 512 g/mol. The molecule has 0 saturated heterocycles. The molecule has 8 heteroatoms. The molecule has 0 heterocycles. The quantitative estimate of drug-likeness (QED) is 0.417. The molecule has 0 bridgehead atoms. The second-order valence-corrected chi connectivity index (χ2v) is 9.61. The monoisotopic (exact) mass is 534 g/mol. The van der Waals surface area contributed by atoms with Crippen molar-refractivity contribution in [3.63, 3.8) is 0 Å². The van der Waals surface area contributed by atoms with Gasteiger partial charge in [-0.05, 0) is 53.3 Å². The molecule has 2 aliphatic rings. The fourth-order valence-corrected chi connectivity index (χ4v) is 4.97. The van der Waals surface area contributed by atoms with Gasteiger partial charge in [0.2, 0.25) is 0 Å². The lowest BCUT2D eigenvalue weighted by molar-refractivity contribution is -0.137. The highest BCUT2D eigenvalue weighted by Crippen LogP contribution is 2.44. The lowest BCUT2D eigenvalue weighted by atomic mass is 9.98. The van der Waals surface area contributed by atoms with Crippen LogP contribution in [0.25, 0.3) is 11.1 Å². The number of nitrogens with zero attached hydrogens (tertiary/aromatic N) is 1. The Morgan fingerprint density at radius 1 is 0.971 bits per heavy atom. The van der Waals surface area contributed by atoms with E-state index >= 15 is 0 Å². The topological polar surface area (TPSA) is 95.9 Å². The summed E-state index contributed by atoms with van der Waals surface area (Å²) < 4.78 is 6.28. The molecule has 1 saturated carbocycles. The Hall–Kier alpha value is -3.65. The molecule has 2 amide bonds. The number of aliphatic carboxylic acids is 1. The van der Waals surface area contributed by atoms with Crippen LogP contribution in [-0.2, 0) is 9.53 Å². The lowest BCUT2D eigenvalue weighted by Gasteiger charge is -2.22. The van der Waals surface area contributed by atoms with E-state index in [1.807, 2.05) is 36.4 Å². The van der Waals surface area contributed by atoms with Gasteiger partial charge in [0, 0.05) is 16.4 Å². The molecule has 3 aromatic rings. The first kappa shape index (κ1) is 23.1. The van der Waals surface area contributed by atoms with Crippen molar-refractivity contribution in [1.82, 2.24) is 4.90 Å². The van der Waals surface area contributed by atoms with E-state index in [1.165, 1.54) is 4.90 Å². The molecule has 0 aromatic heterocycles. The van der Waals surface area contributed by atoms with Gasteiger partial charge in [-0.3, -0.25) is 14.9 Å². The van der Waals surface area contributed by atoms with E-state index in [2.05, 4.69) is 33.4 Å². The summed E-state index contributed by atoms with van der Waals surface area (Å²) >= 11 is 3.37. The van der Waals surface area contributed by atoms with Crippen molar-refractivity contribution >= 4 is 39.6 Å². The number of fused-ring (bicyclic) bond motifs is 3. The molecule has 0 atom stereocenters. The molecule has 35 heavy (non-hydrogen) atoms. The Balaban J connectivity index is 1.33. The molecule has 0 unspecified atom stereocenters. The average Bonchev–Trinajstić information content (AvgIpc) is 3.63. The summed E-state index contributed by atoms with van der Waals surface area (Å²) in [5.41, 5.74) is 4.96. The van der Waals surface area contributed by atoms with Crippen LogP contribution in [0.1, 0.15) is 40.2 Å². The number of carboxylic acids is 1. The molecule has 0 aliphatic heterocycles. The van der Waals surface area contributed by atoms with Crippen LogP contribution in [-0.4, -0.2) is 47.2 Å². The molecule has 2 N–H and O–H groups in total. The summed E-state index contributed by atoms with van der Waals surface area (Å²) in [5, 5.41) is 11.9. The van der Waals surface area contributed by atoms with Crippen molar-refractivity contribution in [3.8, 4) is 11.1 Å². The molecule has 1 fully saturated rings. The van der Waals surface area contributed by atoms with E-state index in [9.17, 15) is 19.5 Å². The molecule has 178 valence electrons. The maximum absolute atomic E-state index is 13.2. The molecule has 7 nitrogen and oxygen atoms in total.